The van der Waals surface area contributed by atoms with Crippen molar-refractivity contribution < 1.29 is 9.53 Å². The minimum absolute atomic E-state index is 0.0527. The van der Waals surface area contributed by atoms with Crippen LogP contribution in [0, 0.1) is 0 Å². The Morgan fingerprint density at radius 3 is 1.90 bits per heavy atom. The normalized spacial score (nSPS) is 23.7. The maximum absolute atomic E-state index is 12.6. The number of hydrogen-bond acceptors (Lipinski definition) is 6. The summed E-state index contributed by atoms with van der Waals surface area (Å²) in [6.45, 7) is 0. The predicted molar refractivity (Wildman–Crippen MR) is 114 cm³/mol. The summed E-state index contributed by atoms with van der Waals surface area (Å²) in [6.07, 6.45) is 1.75. The number of fused-ring (bicyclic) bond motifs is 2. The molecule has 3 aromatic rings. The van der Waals surface area contributed by atoms with Crippen molar-refractivity contribution in [2.75, 3.05) is 38.0 Å². The first-order valence-corrected chi connectivity index (χ1v) is 10.1. The van der Waals surface area contributed by atoms with Gasteiger partial charge < -0.3 is 14.5 Å². The number of carbonyl (C=O) groups excluding carboxylic acids is 1. The second kappa shape index (κ2) is 5.39. The van der Waals surface area contributed by atoms with Crippen LogP contribution in [0.4, 0.5) is 11.4 Å². The minimum Gasteiger partial charge on any atom is -0.446 e. The fourth-order valence-corrected chi connectivity index (χ4v) is 5.51. The second-order valence-electron chi connectivity index (χ2n) is 8.74. The van der Waals surface area contributed by atoms with E-state index in [0.717, 1.165) is 28.2 Å². The molecular weight excluding hydrogens is 376 g/mol. The predicted octanol–water partition coefficient (Wildman–Crippen LogP) is 3.07. The quantitative estimate of drug-likeness (QED) is 0.630. The van der Waals surface area contributed by atoms with Crippen molar-refractivity contribution in [1.29, 1.82) is 0 Å². The number of esters is 1. The van der Waals surface area contributed by atoms with E-state index < -0.39 is 11.0 Å². The lowest BCUT2D eigenvalue weighted by Gasteiger charge is -2.25. The second-order valence-corrected chi connectivity index (χ2v) is 8.74. The van der Waals surface area contributed by atoms with E-state index in [4.69, 9.17) is 9.72 Å². The van der Waals surface area contributed by atoms with Crippen molar-refractivity contribution in [3.8, 4) is 0 Å². The van der Waals surface area contributed by atoms with Crippen LogP contribution in [-0.4, -0.2) is 44.1 Å². The standard InChI is InChI=1S/C24H22N4O2/c1-27(2)16-9-5-14(6-10-16)23(15-7-11-17(12-8-15)28(3)4)20-18-13-25-19-21(26-18)24(20,23)30-22(19)29/h5-13,20H,1-4H3. The molecule has 0 saturated heterocycles. The van der Waals surface area contributed by atoms with E-state index in [1.54, 1.807) is 6.20 Å². The molecule has 0 radical (unpaired) electrons. The van der Waals surface area contributed by atoms with Gasteiger partial charge in [-0.3, -0.25) is 0 Å². The highest BCUT2D eigenvalue weighted by Crippen LogP contribution is 2.81. The third-order valence-electron chi connectivity index (χ3n) is 6.91. The van der Waals surface area contributed by atoms with Gasteiger partial charge >= 0.3 is 5.97 Å². The summed E-state index contributed by atoms with van der Waals surface area (Å²) >= 11 is 0. The van der Waals surface area contributed by atoms with Gasteiger partial charge in [0.2, 0.25) is 0 Å². The number of aromatic nitrogens is 2. The van der Waals surface area contributed by atoms with Crippen LogP contribution in [0.1, 0.15) is 38.9 Å². The summed E-state index contributed by atoms with van der Waals surface area (Å²) in [5.41, 5.74) is 5.19. The Balaban J connectivity index is 1.58. The van der Waals surface area contributed by atoms with Crippen molar-refractivity contribution in [2.45, 2.75) is 16.9 Å². The first kappa shape index (κ1) is 17.4. The van der Waals surface area contributed by atoms with Gasteiger partial charge in [-0.1, -0.05) is 24.3 Å². The molecule has 1 aromatic heterocycles. The molecule has 2 unspecified atom stereocenters. The molecule has 30 heavy (non-hydrogen) atoms. The van der Waals surface area contributed by atoms with E-state index in [1.807, 2.05) is 28.2 Å². The van der Waals surface area contributed by atoms with Crippen LogP contribution < -0.4 is 9.80 Å². The zero-order chi connectivity index (χ0) is 20.8. The van der Waals surface area contributed by atoms with E-state index >= 15 is 0 Å². The topological polar surface area (TPSA) is 58.6 Å². The number of ether oxygens (including phenoxy) is 1. The Morgan fingerprint density at radius 1 is 0.867 bits per heavy atom. The highest BCUT2D eigenvalue weighted by Gasteiger charge is 2.88. The van der Waals surface area contributed by atoms with Crippen LogP contribution in [0.5, 0.6) is 0 Å². The number of anilines is 2. The largest absolute Gasteiger partial charge is 0.446 e. The van der Waals surface area contributed by atoms with Gasteiger partial charge in [0.1, 0.15) is 5.69 Å². The fourth-order valence-electron chi connectivity index (χ4n) is 5.51. The van der Waals surface area contributed by atoms with Crippen LogP contribution in [0.2, 0.25) is 0 Å². The van der Waals surface area contributed by atoms with Gasteiger partial charge in [-0.15, -0.1) is 0 Å². The third kappa shape index (κ3) is 1.78. The van der Waals surface area contributed by atoms with Gasteiger partial charge in [0.25, 0.3) is 0 Å². The van der Waals surface area contributed by atoms with Gasteiger partial charge in [-0.25, -0.2) is 14.8 Å². The number of benzene rings is 2. The zero-order valence-electron chi connectivity index (χ0n) is 17.4. The molecule has 2 aliphatic heterocycles. The summed E-state index contributed by atoms with van der Waals surface area (Å²) in [5.74, 6) is -0.423. The molecule has 0 N–H and O–H groups in total. The highest BCUT2D eigenvalue weighted by atomic mass is 16.6. The van der Waals surface area contributed by atoms with Crippen molar-refractivity contribution in [1.82, 2.24) is 9.97 Å². The molecule has 6 heteroatoms. The Morgan fingerprint density at radius 2 is 1.40 bits per heavy atom. The number of nitrogens with zero attached hydrogens (tertiary/aromatic N) is 4. The minimum atomic E-state index is -0.787. The molecule has 1 aliphatic carbocycles. The average molecular weight is 398 g/mol. The summed E-state index contributed by atoms with van der Waals surface area (Å²) in [6, 6.07) is 17.1. The van der Waals surface area contributed by atoms with E-state index in [9.17, 15) is 4.79 Å². The monoisotopic (exact) mass is 398 g/mol. The number of hydrogen-bond donors (Lipinski definition) is 0. The molecule has 1 fully saturated rings. The average Bonchev–Trinajstić information content (AvgIpc) is 3.11. The van der Waals surface area contributed by atoms with Gasteiger partial charge in [0.05, 0.1) is 17.0 Å². The Labute approximate surface area is 175 Å². The molecule has 2 bridgehead atoms. The zero-order valence-corrected chi connectivity index (χ0v) is 17.4. The van der Waals surface area contributed by atoms with Crippen LogP contribution in [0.15, 0.2) is 54.7 Å². The van der Waals surface area contributed by atoms with Gasteiger partial charge in [-0.2, -0.15) is 0 Å². The molecule has 3 aliphatic rings. The lowest BCUT2D eigenvalue weighted by atomic mass is 9.81. The Bertz CT molecular complexity index is 1150. The lowest BCUT2D eigenvalue weighted by Crippen LogP contribution is -2.25. The molecule has 1 spiro atoms. The third-order valence-corrected chi connectivity index (χ3v) is 6.91. The van der Waals surface area contributed by atoms with Gasteiger partial charge in [0.15, 0.2) is 11.3 Å². The SMILES string of the molecule is CN(C)c1ccc(C2(c3ccc(N(C)C)cc3)C3c4cnc5c(n4)C32OC5=O)cc1. The van der Waals surface area contributed by atoms with E-state index in [-0.39, 0.29) is 11.9 Å². The molecule has 150 valence electrons. The van der Waals surface area contributed by atoms with Crippen molar-refractivity contribution in [3.63, 3.8) is 0 Å². The Hall–Kier alpha value is -3.41. The number of rotatable bonds is 4. The first-order valence-electron chi connectivity index (χ1n) is 10.1. The molecule has 6 rings (SSSR count). The van der Waals surface area contributed by atoms with Crippen molar-refractivity contribution in [3.05, 3.63) is 82.9 Å². The summed E-state index contributed by atoms with van der Waals surface area (Å²) in [7, 11) is 8.11. The van der Waals surface area contributed by atoms with E-state index in [0.29, 0.717) is 11.4 Å². The number of carbonyl (C=O) groups is 1. The van der Waals surface area contributed by atoms with Crippen LogP contribution in [0.3, 0.4) is 0 Å². The maximum atomic E-state index is 12.6. The summed E-state index contributed by atoms with van der Waals surface area (Å²) < 4.78 is 6.10. The molecule has 0 amide bonds. The van der Waals surface area contributed by atoms with Gasteiger partial charge in [0, 0.05) is 45.8 Å². The Kier molecular flexibility index (Phi) is 3.13. The first-order chi connectivity index (χ1) is 14.4. The van der Waals surface area contributed by atoms with E-state index in [1.165, 1.54) is 0 Å². The fraction of sp³-hybridized carbons (Fsp3) is 0.292. The molecule has 1 saturated carbocycles. The van der Waals surface area contributed by atoms with Crippen molar-refractivity contribution in [2.24, 2.45) is 0 Å². The summed E-state index contributed by atoms with van der Waals surface area (Å²) in [5, 5.41) is 0. The van der Waals surface area contributed by atoms with Crippen LogP contribution in [-0.2, 0) is 15.8 Å². The highest BCUT2D eigenvalue weighted by molar-refractivity contribution is 5.95. The van der Waals surface area contributed by atoms with Crippen LogP contribution in [0.25, 0.3) is 0 Å². The molecule has 6 nitrogen and oxygen atoms in total. The van der Waals surface area contributed by atoms with E-state index in [2.05, 4.69) is 63.3 Å². The molecule has 2 atom stereocenters. The lowest BCUT2D eigenvalue weighted by molar-refractivity contribution is 0.0248. The summed E-state index contributed by atoms with van der Waals surface area (Å²) in [4.78, 5) is 25.8. The smallest absolute Gasteiger partial charge is 0.360 e. The maximum Gasteiger partial charge on any atom is 0.360 e. The van der Waals surface area contributed by atoms with Gasteiger partial charge in [-0.05, 0) is 35.4 Å². The van der Waals surface area contributed by atoms with Crippen LogP contribution >= 0.6 is 0 Å². The molecule has 2 aromatic carbocycles. The molecule has 3 heterocycles. The molecular formula is C24H22N4O2. The van der Waals surface area contributed by atoms with Crippen molar-refractivity contribution >= 4 is 17.3 Å².